The Kier molecular flexibility index (Phi) is 3.62. The van der Waals surface area contributed by atoms with Gasteiger partial charge in [-0.05, 0) is 6.20 Å². The molecule has 0 bridgehead atoms. The maximum atomic E-state index is 11.2. The van der Waals surface area contributed by atoms with E-state index < -0.39 is 10.1 Å². The van der Waals surface area contributed by atoms with Crippen molar-refractivity contribution < 1.29 is 32.7 Å². The summed E-state index contributed by atoms with van der Waals surface area (Å²) >= 11 is 0. The van der Waals surface area contributed by atoms with E-state index in [9.17, 15) is 8.42 Å². The van der Waals surface area contributed by atoms with Crippen LogP contribution in [0, 0.1) is 6.07 Å². The van der Waals surface area contributed by atoms with Crippen molar-refractivity contribution >= 4 is 26.5 Å². The molecule has 0 aliphatic heterocycles. The van der Waals surface area contributed by atoms with Crippen LogP contribution < -0.4 is 4.18 Å². The van der Waals surface area contributed by atoms with Crippen molar-refractivity contribution in [1.29, 1.82) is 0 Å². The van der Waals surface area contributed by atoms with Gasteiger partial charge in [0.05, 0.1) is 17.7 Å². The first-order valence-corrected chi connectivity index (χ1v) is 7.02. The molecule has 3 rings (SSSR count). The molecule has 0 N–H and O–H groups in total. The zero-order valence-corrected chi connectivity index (χ0v) is 13.0. The summed E-state index contributed by atoms with van der Waals surface area (Å²) in [5.74, 6) is 0.289. The summed E-state index contributed by atoms with van der Waals surface area (Å²) in [5, 5.41) is 1.39. The molecule has 0 aliphatic carbocycles. The van der Waals surface area contributed by atoms with E-state index in [4.69, 9.17) is 4.18 Å². The van der Waals surface area contributed by atoms with Gasteiger partial charge in [0.25, 0.3) is 0 Å². The van der Waals surface area contributed by atoms with Gasteiger partial charge in [0, 0.05) is 32.5 Å². The molecule has 1 aromatic carbocycles. The Bertz CT molecular complexity index is 842. The van der Waals surface area contributed by atoms with Crippen LogP contribution in [0.5, 0.6) is 5.75 Å². The van der Waals surface area contributed by atoms with Crippen LogP contribution in [-0.2, 0) is 30.2 Å². The molecule has 101 valence electrons. The van der Waals surface area contributed by atoms with Crippen LogP contribution in [0.25, 0.3) is 16.4 Å². The standard InChI is InChI=1S/C12H9N2O3S.Ir/c1-18(15,16)17-11-4-2-3-10-9(11)5-7-14-8-6-13-12(10)14;/h2,4-8H,1H3;/q-1;. The topological polar surface area (TPSA) is 60.7 Å². The van der Waals surface area contributed by atoms with Gasteiger partial charge < -0.3 is 8.58 Å². The van der Waals surface area contributed by atoms with Gasteiger partial charge in [0.2, 0.25) is 0 Å². The number of nitrogens with zero attached hydrogens (tertiary/aromatic N) is 2. The fourth-order valence-corrected chi connectivity index (χ4v) is 2.33. The number of fused-ring (bicyclic) bond motifs is 3. The van der Waals surface area contributed by atoms with Crippen LogP contribution in [0.2, 0.25) is 0 Å². The molecule has 0 saturated heterocycles. The molecule has 7 heteroatoms. The summed E-state index contributed by atoms with van der Waals surface area (Å²) in [6.45, 7) is 0. The van der Waals surface area contributed by atoms with Gasteiger partial charge in [0.15, 0.2) is 0 Å². The van der Waals surface area contributed by atoms with Crippen molar-refractivity contribution in [3.05, 3.63) is 42.9 Å². The fraction of sp³-hybridized carbons (Fsp3) is 0.0833. The van der Waals surface area contributed by atoms with Crippen molar-refractivity contribution in [3.63, 3.8) is 0 Å². The number of imidazole rings is 1. The Morgan fingerprint density at radius 2 is 2.11 bits per heavy atom. The van der Waals surface area contributed by atoms with Gasteiger partial charge >= 0.3 is 10.1 Å². The normalized spacial score (nSPS) is 11.4. The molecule has 0 unspecified atom stereocenters. The summed E-state index contributed by atoms with van der Waals surface area (Å²) in [7, 11) is -3.55. The third kappa shape index (κ3) is 2.63. The minimum Gasteiger partial charge on any atom is -0.402 e. The average Bonchev–Trinajstić information content (AvgIpc) is 2.75. The Morgan fingerprint density at radius 3 is 2.84 bits per heavy atom. The van der Waals surface area contributed by atoms with Crippen molar-refractivity contribution in [1.82, 2.24) is 9.38 Å². The largest absolute Gasteiger partial charge is 0.402 e. The fourth-order valence-electron chi connectivity index (χ4n) is 1.86. The van der Waals surface area contributed by atoms with E-state index >= 15 is 0 Å². The van der Waals surface area contributed by atoms with Crippen LogP contribution in [0.3, 0.4) is 0 Å². The predicted octanol–water partition coefficient (Wildman–Crippen LogP) is 1.62. The summed E-state index contributed by atoms with van der Waals surface area (Å²) in [6.07, 6.45) is 6.30. The van der Waals surface area contributed by atoms with E-state index in [1.807, 2.05) is 10.6 Å². The first kappa shape index (κ1) is 14.0. The van der Waals surface area contributed by atoms with Crippen LogP contribution in [0.15, 0.2) is 36.8 Å². The summed E-state index contributed by atoms with van der Waals surface area (Å²) in [4.78, 5) is 4.21. The number of hydrogen-bond acceptors (Lipinski definition) is 4. The molecule has 3 aromatic rings. The molecule has 1 radical (unpaired) electrons. The number of pyridine rings is 1. The van der Waals surface area contributed by atoms with Crippen molar-refractivity contribution in [2.24, 2.45) is 0 Å². The Labute approximate surface area is 123 Å². The summed E-state index contributed by atoms with van der Waals surface area (Å²) in [5.41, 5.74) is 0.714. The first-order chi connectivity index (χ1) is 8.54. The third-order valence-corrected chi connectivity index (χ3v) is 3.01. The summed E-state index contributed by atoms with van der Waals surface area (Å²) < 4.78 is 29.2. The van der Waals surface area contributed by atoms with Crippen molar-refractivity contribution in [2.45, 2.75) is 0 Å². The minimum atomic E-state index is -3.55. The summed E-state index contributed by atoms with van der Waals surface area (Å²) in [6, 6.07) is 8.02. The average molecular weight is 453 g/mol. The molecular formula is C12H9IrN2O3S-. The maximum Gasteiger partial charge on any atom is 0.304 e. The first-order valence-electron chi connectivity index (χ1n) is 5.20. The van der Waals surface area contributed by atoms with E-state index in [1.54, 1.807) is 30.6 Å². The molecule has 0 saturated carbocycles. The van der Waals surface area contributed by atoms with E-state index in [2.05, 4.69) is 11.1 Å². The molecule has 5 nitrogen and oxygen atoms in total. The maximum absolute atomic E-state index is 11.2. The second-order valence-corrected chi connectivity index (χ2v) is 5.47. The van der Waals surface area contributed by atoms with Crippen LogP contribution >= 0.6 is 0 Å². The number of rotatable bonds is 2. The quantitative estimate of drug-likeness (QED) is 0.437. The van der Waals surface area contributed by atoms with Gasteiger partial charge in [-0.2, -0.15) is 8.42 Å². The van der Waals surface area contributed by atoms with Gasteiger partial charge in [-0.3, -0.25) is 4.98 Å². The zero-order valence-electron chi connectivity index (χ0n) is 9.82. The third-order valence-electron chi connectivity index (χ3n) is 2.53. The molecule has 0 atom stereocenters. The van der Waals surface area contributed by atoms with Crippen LogP contribution in [0.4, 0.5) is 0 Å². The Balaban J connectivity index is 0.00000133. The molecule has 0 fully saturated rings. The van der Waals surface area contributed by atoms with Gasteiger partial charge in [0.1, 0.15) is 0 Å². The number of benzene rings is 1. The van der Waals surface area contributed by atoms with E-state index in [0.717, 1.165) is 11.6 Å². The van der Waals surface area contributed by atoms with Gasteiger partial charge in [-0.25, -0.2) is 0 Å². The smallest absolute Gasteiger partial charge is 0.304 e. The number of aromatic nitrogens is 2. The second kappa shape index (κ2) is 4.92. The minimum absolute atomic E-state index is 0. The van der Waals surface area contributed by atoms with Crippen LogP contribution in [0.1, 0.15) is 0 Å². The predicted molar refractivity (Wildman–Crippen MR) is 67.0 cm³/mol. The monoisotopic (exact) mass is 454 g/mol. The molecule has 2 aromatic heterocycles. The van der Waals surface area contributed by atoms with E-state index in [-0.39, 0.29) is 25.9 Å². The number of hydrogen-bond donors (Lipinski definition) is 0. The van der Waals surface area contributed by atoms with E-state index in [0.29, 0.717) is 11.0 Å². The SMILES string of the molecule is CS(=O)(=O)Oc1cc[c-]c2c1ccn1ccnc21.[Ir]. The Morgan fingerprint density at radius 1 is 1.32 bits per heavy atom. The van der Waals surface area contributed by atoms with E-state index in [1.165, 1.54) is 0 Å². The molecule has 19 heavy (non-hydrogen) atoms. The van der Waals surface area contributed by atoms with Crippen molar-refractivity contribution in [3.8, 4) is 5.75 Å². The zero-order chi connectivity index (χ0) is 12.8. The van der Waals surface area contributed by atoms with Gasteiger partial charge in [-0.1, -0.05) is 22.9 Å². The Hall–Kier alpha value is -1.43. The second-order valence-electron chi connectivity index (χ2n) is 3.89. The van der Waals surface area contributed by atoms with Crippen LogP contribution in [-0.4, -0.2) is 24.1 Å². The van der Waals surface area contributed by atoms with Crippen molar-refractivity contribution in [2.75, 3.05) is 6.26 Å². The molecule has 0 spiro atoms. The molecule has 2 heterocycles. The molecular weight excluding hydrogens is 444 g/mol. The molecule has 0 amide bonds. The van der Waals surface area contributed by atoms with Gasteiger partial charge in [-0.15, -0.1) is 12.1 Å². The molecule has 0 aliphatic rings.